The maximum Gasteiger partial charge on any atom is 0.236 e. The standard InChI is InChI=1S/C20H22N2O2S/c1-15-18(21-20(24-15)19-8-5-11-25-19)14-22-9-10-23-17(13-22)12-16-6-3-2-4-7-16/h2-8,11,17H,9-10,12-14H2,1H3/t17-/m0/s1. The highest BCUT2D eigenvalue weighted by molar-refractivity contribution is 7.13. The van der Waals surface area contributed by atoms with E-state index < -0.39 is 0 Å². The molecule has 1 aliphatic rings. The zero-order valence-corrected chi connectivity index (χ0v) is 15.2. The van der Waals surface area contributed by atoms with E-state index in [1.807, 2.05) is 24.4 Å². The lowest BCUT2D eigenvalue weighted by atomic mass is 10.1. The van der Waals surface area contributed by atoms with E-state index in [-0.39, 0.29) is 6.10 Å². The first-order chi connectivity index (χ1) is 12.3. The number of rotatable bonds is 5. The second-order valence-electron chi connectivity index (χ2n) is 6.42. The van der Waals surface area contributed by atoms with Crippen molar-refractivity contribution in [2.24, 2.45) is 0 Å². The van der Waals surface area contributed by atoms with Crippen LogP contribution in [0.2, 0.25) is 0 Å². The molecule has 130 valence electrons. The van der Waals surface area contributed by atoms with Crippen LogP contribution >= 0.6 is 11.3 Å². The molecule has 1 atom stereocenters. The van der Waals surface area contributed by atoms with Crippen molar-refractivity contribution in [3.05, 3.63) is 64.9 Å². The molecule has 0 amide bonds. The second-order valence-corrected chi connectivity index (χ2v) is 7.36. The Bertz CT molecular complexity index is 798. The molecular weight excluding hydrogens is 332 g/mol. The lowest BCUT2D eigenvalue weighted by Crippen LogP contribution is -2.43. The molecule has 4 nitrogen and oxygen atoms in total. The minimum Gasteiger partial charge on any atom is -0.440 e. The summed E-state index contributed by atoms with van der Waals surface area (Å²) in [5.74, 6) is 1.64. The minimum absolute atomic E-state index is 0.236. The Labute approximate surface area is 152 Å². The lowest BCUT2D eigenvalue weighted by Gasteiger charge is -2.32. The zero-order chi connectivity index (χ0) is 17.1. The number of oxazole rings is 1. The van der Waals surface area contributed by atoms with Crippen molar-refractivity contribution in [3.63, 3.8) is 0 Å². The minimum atomic E-state index is 0.236. The number of aryl methyl sites for hydroxylation is 1. The van der Waals surface area contributed by atoms with Crippen molar-refractivity contribution < 1.29 is 9.15 Å². The molecule has 0 unspecified atom stereocenters. The largest absolute Gasteiger partial charge is 0.440 e. The van der Waals surface area contributed by atoms with E-state index in [0.717, 1.165) is 54.9 Å². The van der Waals surface area contributed by atoms with Crippen LogP contribution in [0.15, 0.2) is 52.3 Å². The first-order valence-corrected chi connectivity index (χ1v) is 9.54. The normalized spacial score (nSPS) is 18.5. The van der Waals surface area contributed by atoms with Crippen molar-refractivity contribution in [1.29, 1.82) is 0 Å². The summed E-state index contributed by atoms with van der Waals surface area (Å²) >= 11 is 1.66. The summed E-state index contributed by atoms with van der Waals surface area (Å²) in [4.78, 5) is 8.22. The molecule has 1 fully saturated rings. The van der Waals surface area contributed by atoms with Crippen molar-refractivity contribution in [3.8, 4) is 10.8 Å². The van der Waals surface area contributed by atoms with Crippen molar-refractivity contribution in [2.45, 2.75) is 26.0 Å². The summed E-state index contributed by atoms with van der Waals surface area (Å²) in [6, 6.07) is 14.6. The fraction of sp³-hybridized carbons (Fsp3) is 0.350. The molecule has 0 bridgehead atoms. The van der Waals surface area contributed by atoms with Crippen LogP contribution in [-0.4, -0.2) is 35.7 Å². The van der Waals surface area contributed by atoms with Crippen LogP contribution in [0, 0.1) is 6.92 Å². The van der Waals surface area contributed by atoms with Gasteiger partial charge in [-0.2, -0.15) is 0 Å². The van der Waals surface area contributed by atoms with Crippen LogP contribution in [0.4, 0.5) is 0 Å². The van der Waals surface area contributed by atoms with Crippen LogP contribution < -0.4 is 0 Å². The SMILES string of the molecule is Cc1oc(-c2cccs2)nc1CN1CCO[C@@H](Cc2ccccc2)C1. The van der Waals surface area contributed by atoms with Gasteiger partial charge in [-0.05, 0) is 30.4 Å². The highest BCUT2D eigenvalue weighted by atomic mass is 32.1. The number of benzene rings is 1. The van der Waals surface area contributed by atoms with E-state index in [1.54, 1.807) is 11.3 Å². The van der Waals surface area contributed by atoms with Gasteiger partial charge in [0.1, 0.15) is 5.76 Å². The average molecular weight is 354 g/mol. The van der Waals surface area contributed by atoms with Gasteiger partial charge < -0.3 is 9.15 Å². The van der Waals surface area contributed by atoms with Gasteiger partial charge in [0.25, 0.3) is 0 Å². The molecule has 4 rings (SSSR count). The number of morpholine rings is 1. The van der Waals surface area contributed by atoms with E-state index in [0.29, 0.717) is 0 Å². The predicted octanol–water partition coefficient (Wildman–Crippen LogP) is 4.16. The summed E-state index contributed by atoms with van der Waals surface area (Å²) in [6.45, 7) is 5.45. The van der Waals surface area contributed by atoms with Crippen molar-refractivity contribution in [1.82, 2.24) is 9.88 Å². The molecule has 0 N–H and O–H groups in total. The first kappa shape index (κ1) is 16.5. The molecule has 3 heterocycles. The van der Waals surface area contributed by atoms with E-state index in [1.165, 1.54) is 5.56 Å². The van der Waals surface area contributed by atoms with Crippen LogP contribution in [0.5, 0.6) is 0 Å². The van der Waals surface area contributed by atoms with Crippen LogP contribution in [0.3, 0.4) is 0 Å². The molecule has 25 heavy (non-hydrogen) atoms. The van der Waals surface area contributed by atoms with Crippen LogP contribution in [0.25, 0.3) is 10.8 Å². The lowest BCUT2D eigenvalue weighted by molar-refractivity contribution is -0.0309. The third-order valence-electron chi connectivity index (χ3n) is 4.53. The number of nitrogens with zero attached hydrogens (tertiary/aromatic N) is 2. The molecule has 3 aromatic rings. The molecule has 0 spiro atoms. The fourth-order valence-electron chi connectivity index (χ4n) is 3.22. The van der Waals surface area contributed by atoms with Gasteiger partial charge in [0.05, 0.1) is 23.3 Å². The summed E-state index contributed by atoms with van der Waals surface area (Å²) in [6.07, 6.45) is 1.19. The molecule has 1 saturated heterocycles. The van der Waals surface area contributed by atoms with Gasteiger partial charge in [0.15, 0.2) is 0 Å². The fourth-order valence-corrected chi connectivity index (χ4v) is 3.87. The third-order valence-corrected chi connectivity index (χ3v) is 5.38. The number of thiophene rings is 1. The summed E-state index contributed by atoms with van der Waals surface area (Å²) < 4.78 is 11.8. The van der Waals surface area contributed by atoms with Crippen LogP contribution in [-0.2, 0) is 17.7 Å². The van der Waals surface area contributed by atoms with Gasteiger partial charge >= 0.3 is 0 Å². The quantitative estimate of drug-likeness (QED) is 0.690. The van der Waals surface area contributed by atoms with Crippen LogP contribution in [0.1, 0.15) is 17.0 Å². The topological polar surface area (TPSA) is 38.5 Å². The Balaban J connectivity index is 1.41. The smallest absolute Gasteiger partial charge is 0.236 e. The Morgan fingerprint density at radius 3 is 2.88 bits per heavy atom. The van der Waals surface area contributed by atoms with Gasteiger partial charge in [0.2, 0.25) is 5.89 Å². The molecule has 0 aliphatic carbocycles. The van der Waals surface area contributed by atoms with Gasteiger partial charge in [0, 0.05) is 19.6 Å². The van der Waals surface area contributed by atoms with E-state index in [2.05, 4.69) is 35.2 Å². The maximum absolute atomic E-state index is 5.96. The monoisotopic (exact) mass is 354 g/mol. The Kier molecular flexibility index (Phi) is 4.97. The highest BCUT2D eigenvalue weighted by Crippen LogP contribution is 2.26. The summed E-state index contributed by atoms with van der Waals surface area (Å²) in [7, 11) is 0. The zero-order valence-electron chi connectivity index (χ0n) is 14.4. The molecule has 0 radical (unpaired) electrons. The Hall–Kier alpha value is -1.95. The molecule has 0 saturated carbocycles. The summed E-state index contributed by atoms with van der Waals surface area (Å²) in [5, 5.41) is 2.05. The molecule has 2 aromatic heterocycles. The number of aromatic nitrogens is 1. The molecule has 5 heteroatoms. The van der Waals surface area contributed by atoms with E-state index in [9.17, 15) is 0 Å². The van der Waals surface area contributed by atoms with Gasteiger partial charge in [-0.25, -0.2) is 4.98 Å². The second kappa shape index (κ2) is 7.52. The number of hydrogen-bond acceptors (Lipinski definition) is 5. The first-order valence-electron chi connectivity index (χ1n) is 8.66. The maximum atomic E-state index is 5.96. The average Bonchev–Trinajstić information content (AvgIpc) is 3.27. The Morgan fingerprint density at radius 1 is 1.20 bits per heavy atom. The highest BCUT2D eigenvalue weighted by Gasteiger charge is 2.23. The van der Waals surface area contributed by atoms with Gasteiger partial charge in [-0.1, -0.05) is 36.4 Å². The van der Waals surface area contributed by atoms with E-state index >= 15 is 0 Å². The van der Waals surface area contributed by atoms with E-state index in [4.69, 9.17) is 14.1 Å². The predicted molar refractivity (Wildman–Crippen MR) is 99.7 cm³/mol. The van der Waals surface area contributed by atoms with Gasteiger partial charge in [-0.15, -0.1) is 11.3 Å². The third kappa shape index (κ3) is 4.00. The Morgan fingerprint density at radius 2 is 2.08 bits per heavy atom. The van der Waals surface area contributed by atoms with Crippen molar-refractivity contribution in [2.75, 3.05) is 19.7 Å². The van der Waals surface area contributed by atoms with Crippen molar-refractivity contribution >= 4 is 11.3 Å². The number of ether oxygens (including phenoxy) is 1. The molecule has 1 aliphatic heterocycles. The molecule has 1 aromatic carbocycles. The summed E-state index contributed by atoms with van der Waals surface area (Å²) in [5.41, 5.74) is 2.36. The molecular formula is C20H22N2O2S. The van der Waals surface area contributed by atoms with Gasteiger partial charge in [-0.3, -0.25) is 4.90 Å². The number of hydrogen-bond donors (Lipinski definition) is 0.